The Bertz CT molecular complexity index is 120. The van der Waals surface area contributed by atoms with Gasteiger partial charge in [-0.05, 0) is 6.92 Å². The van der Waals surface area contributed by atoms with E-state index in [1.807, 2.05) is 0 Å². The lowest BCUT2D eigenvalue weighted by molar-refractivity contribution is 0.204. The Kier molecular flexibility index (Phi) is 3.62. The summed E-state index contributed by atoms with van der Waals surface area (Å²) in [5.74, 6) is 0. The van der Waals surface area contributed by atoms with Gasteiger partial charge in [0.25, 0.3) is 0 Å². The fourth-order valence-corrected chi connectivity index (χ4v) is 0.295. The Balaban J connectivity index is 3.36. The second-order valence-corrected chi connectivity index (χ2v) is 1.73. The molecule has 0 aliphatic carbocycles. The van der Waals surface area contributed by atoms with E-state index in [1.54, 1.807) is 6.92 Å². The van der Waals surface area contributed by atoms with Crippen LogP contribution in [0.25, 0.3) is 0 Å². The molecule has 0 aromatic rings. The molecule has 1 unspecified atom stereocenters. The summed E-state index contributed by atoms with van der Waals surface area (Å²) in [6.07, 6.45) is 1.20. The Morgan fingerprint density at radius 3 is 2.89 bits per heavy atom. The molecule has 0 spiro atoms. The van der Waals surface area contributed by atoms with Crippen LogP contribution in [0, 0.1) is 0 Å². The Morgan fingerprint density at radius 1 is 2.00 bits per heavy atom. The molecule has 0 aromatic carbocycles. The number of aliphatic imine (C=N–C) groups is 1. The number of aliphatic hydroxyl groups excluding tert-OH is 1. The largest absolute Gasteiger partial charge is 0.393 e. The van der Waals surface area contributed by atoms with Crippen molar-refractivity contribution < 1.29 is 9.90 Å². The van der Waals surface area contributed by atoms with E-state index < -0.39 is 12.1 Å². The minimum atomic E-state index is -0.726. The van der Waals surface area contributed by atoms with Gasteiger partial charge in [0, 0.05) is 12.6 Å². The highest BCUT2D eigenvalue weighted by Gasteiger charge is 1.89. The van der Waals surface area contributed by atoms with Gasteiger partial charge < -0.3 is 10.8 Å². The van der Waals surface area contributed by atoms with Crippen molar-refractivity contribution >= 4 is 12.2 Å². The highest BCUT2D eigenvalue weighted by Crippen LogP contribution is 1.83. The lowest BCUT2D eigenvalue weighted by Crippen LogP contribution is -2.06. The Hall–Kier alpha value is -0.900. The van der Waals surface area contributed by atoms with Crippen LogP contribution < -0.4 is 5.73 Å². The molecule has 0 radical (unpaired) electrons. The zero-order valence-corrected chi connectivity index (χ0v) is 5.24. The zero-order valence-electron chi connectivity index (χ0n) is 5.24. The maximum atomic E-state index is 9.92. The molecule has 0 saturated carbocycles. The van der Waals surface area contributed by atoms with Gasteiger partial charge in [-0.1, -0.05) is 0 Å². The normalized spacial score (nSPS) is 14.0. The summed E-state index contributed by atoms with van der Waals surface area (Å²) in [7, 11) is 0. The molecule has 0 rings (SSSR count). The van der Waals surface area contributed by atoms with Crippen LogP contribution >= 0.6 is 0 Å². The number of amides is 2. The molecule has 0 aliphatic rings. The van der Waals surface area contributed by atoms with Crippen molar-refractivity contribution in [3.05, 3.63) is 0 Å². The second kappa shape index (κ2) is 4.03. The van der Waals surface area contributed by atoms with Gasteiger partial charge in [0.15, 0.2) is 0 Å². The molecule has 0 heterocycles. The first-order valence-corrected chi connectivity index (χ1v) is 2.63. The molecule has 9 heavy (non-hydrogen) atoms. The molecule has 0 fully saturated rings. The Labute approximate surface area is 53.4 Å². The topological polar surface area (TPSA) is 75.7 Å². The van der Waals surface area contributed by atoms with Crippen LogP contribution in [0.3, 0.4) is 0 Å². The minimum absolute atomic E-state index is 0.364. The van der Waals surface area contributed by atoms with Gasteiger partial charge in [0.1, 0.15) is 0 Å². The molecule has 0 aliphatic heterocycles. The number of nitrogens with two attached hydrogens (primary N) is 1. The summed E-state index contributed by atoms with van der Waals surface area (Å²) in [5.41, 5.74) is 4.66. The van der Waals surface area contributed by atoms with Crippen molar-refractivity contribution in [1.29, 1.82) is 0 Å². The first kappa shape index (κ1) is 8.10. The van der Waals surface area contributed by atoms with Crippen molar-refractivity contribution in [2.45, 2.75) is 19.4 Å². The number of carbonyl (C=O) groups excluding carboxylic acids is 1. The number of primary amides is 1. The van der Waals surface area contributed by atoms with E-state index in [-0.39, 0.29) is 0 Å². The van der Waals surface area contributed by atoms with E-state index in [0.29, 0.717) is 6.42 Å². The molecular weight excluding hydrogens is 120 g/mol. The molecule has 1 atom stereocenters. The van der Waals surface area contributed by atoms with E-state index in [4.69, 9.17) is 5.11 Å². The van der Waals surface area contributed by atoms with Gasteiger partial charge in [-0.2, -0.15) is 0 Å². The van der Waals surface area contributed by atoms with E-state index >= 15 is 0 Å². The predicted octanol–water partition coefficient (Wildman–Crippen LogP) is -0.0932. The number of nitrogens with zero attached hydrogens (tertiary/aromatic N) is 1. The van der Waals surface area contributed by atoms with Crippen molar-refractivity contribution in [2.24, 2.45) is 10.7 Å². The predicted molar refractivity (Wildman–Crippen MR) is 34.4 cm³/mol. The molecule has 2 amide bonds. The number of carbonyl (C=O) groups is 1. The molecule has 4 nitrogen and oxygen atoms in total. The summed E-state index contributed by atoms with van der Waals surface area (Å²) in [6, 6.07) is -0.726. The van der Waals surface area contributed by atoms with Gasteiger partial charge in [0.05, 0.1) is 6.10 Å². The molecular formula is C5H10N2O2. The third kappa shape index (κ3) is 7.10. The maximum absolute atomic E-state index is 9.92. The summed E-state index contributed by atoms with van der Waals surface area (Å²) >= 11 is 0. The standard InChI is InChI=1S/C5H10N2O2/c1-4(8)2-3-7-5(6)9/h3-4,8H,2H2,1H3,(H2,6,9)/b7-3+. The van der Waals surface area contributed by atoms with Gasteiger partial charge in [0.2, 0.25) is 0 Å². The average Bonchev–Trinajstić information content (AvgIpc) is 1.63. The van der Waals surface area contributed by atoms with Crippen LogP contribution in [-0.2, 0) is 0 Å². The van der Waals surface area contributed by atoms with Crippen molar-refractivity contribution in [3.63, 3.8) is 0 Å². The molecule has 0 aromatic heterocycles. The quantitative estimate of drug-likeness (QED) is 0.512. The summed E-state index contributed by atoms with van der Waals surface area (Å²) < 4.78 is 0. The van der Waals surface area contributed by atoms with Gasteiger partial charge in [-0.25, -0.2) is 9.79 Å². The first-order chi connectivity index (χ1) is 4.13. The van der Waals surface area contributed by atoms with E-state index in [2.05, 4.69) is 10.7 Å². The highest BCUT2D eigenvalue weighted by molar-refractivity contribution is 5.82. The highest BCUT2D eigenvalue weighted by atomic mass is 16.3. The van der Waals surface area contributed by atoms with E-state index in [9.17, 15) is 4.79 Å². The zero-order chi connectivity index (χ0) is 7.28. The van der Waals surface area contributed by atoms with Crippen molar-refractivity contribution in [2.75, 3.05) is 0 Å². The monoisotopic (exact) mass is 130 g/mol. The van der Waals surface area contributed by atoms with Crippen LogP contribution in [-0.4, -0.2) is 23.5 Å². The lowest BCUT2D eigenvalue weighted by atomic mass is 10.3. The fraction of sp³-hybridized carbons (Fsp3) is 0.600. The number of hydrogen-bond donors (Lipinski definition) is 2. The molecule has 0 saturated heterocycles. The minimum Gasteiger partial charge on any atom is -0.393 e. The fourth-order valence-electron chi connectivity index (χ4n) is 0.295. The number of urea groups is 1. The van der Waals surface area contributed by atoms with Gasteiger partial charge in [-0.15, -0.1) is 0 Å². The van der Waals surface area contributed by atoms with Crippen LogP contribution in [0.4, 0.5) is 4.79 Å². The summed E-state index contributed by atoms with van der Waals surface area (Å²) in [4.78, 5) is 13.1. The summed E-state index contributed by atoms with van der Waals surface area (Å²) in [6.45, 7) is 1.60. The van der Waals surface area contributed by atoms with Crippen molar-refractivity contribution in [1.82, 2.24) is 0 Å². The smallest absolute Gasteiger partial charge is 0.337 e. The van der Waals surface area contributed by atoms with E-state index in [0.717, 1.165) is 0 Å². The molecule has 4 heteroatoms. The third-order valence-corrected chi connectivity index (χ3v) is 0.665. The number of rotatable bonds is 2. The number of hydrogen-bond acceptors (Lipinski definition) is 2. The molecule has 0 bridgehead atoms. The van der Waals surface area contributed by atoms with E-state index in [1.165, 1.54) is 6.21 Å². The van der Waals surface area contributed by atoms with Crippen LogP contribution in [0.5, 0.6) is 0 Å². The second-order valence-electron chi connectivity index (χ2n) is 1.73. The van der Waals surface area contributed by atoms with Crippen molar-refractivity contribution in [3.8, 4) is 0 Å². The molecule has 3 N–H and O–H groups in total. The van der Waals surface area contributed by atoms with Crippen LogP contribution in [0.15, 0.2) is 4.99 Å². The first-order valence-electron chi connectivity index (χ1n) is 2.63. The third-order valence-electron chi connectivity index (χ3n) is 0.665. The molecule has 52 valence electrons. The van der Waals surface area contributed by atoms with Crippen LogP contribution in [0.1, 0.15) is 13.3 Å². The number of aliphatic hydroxyl groups is 1. The van der Waals surface area contributed by atoms with Crippen LogP contribution in [0.2, 0.25) is 0 Å². The van der Waals surface area contributed by atoms with Gasteiger partial charge >= 0.3 is 6.03 Å². The Morgan fingerprint density at radius 2 is 2.56 bits per heavy atom. The average molecular weight is 130 g/mol. The SMILES string of the molecule is CC(O)C/C=N/C(N)=O. The maximum Gasteiger partial charge on any atom is 0.337 e. The lowest BCUT2D eigenvalue weighted by Gasteiger charge is -1.93. The van der Waals surface area contributed by atoms with Gasteiger partial charge in [-0.3, -0.25) is 0 Å². The summed E-state index contributed by atoms with van der Waals surface area (Å²) in [5, 5.41) is 8.62.